The molecule has 1 heterocycles. The lowest BCUT2D eigenvalue weighted by Gasteiger charge is -2.19. The van der Waals surface area contributed by atoms with E-state index in [1.807, 2.05) is 13.8 Å². The third-order valence-corrected chi connectivity index (χ3v) is 3.42. The molecule has 1 aliphatic rings. The fraction of sp³-hybridized carbons (Fsp3) is 1.00. The maximum atomic E-state index is 3.63. The van der Waals surface area contributed by atoms with Gasteiger partial charge in [-0.15, -0.1) is 0 Å². The van der Waals surface area contributed by atoms with E-state index in [9.17, 15) is 0 Å². The van der Waals surface area contributed by atoms with E-state index in [0.29, 0.717) is 5.41 Å². The first kappa shape index (κ1) is 16.9. The van der Waals surface area contributed by atoms with Crippen LogP contribution in [0.1, 0.15) is 60.3 Å². The van der Waals surface area contributed by atoms with Crippen molar-refractivity contribution >= 4 is 0 Å². The number of hydrogen-bond acceptors (Lipinski definition) is 2. The summed E-state index contributed by atoms with van der Waals surface area (Å²) >= 11 is 0. The van der Waals surface area contributed by atoms with E-state index in [1.165, 1.54) is 45.3 Å². The van der Waals surface area contributed by atoms with Crippen molar-refractivity contribution in [1.29, 1.82) is 0 Å². The van der Waals surface area contributed by atoms with E-state index in [-0.39, 0.29) is 0 Å². The molecule has 1 rings (SSSR count). The van der Waals surface area contributed by atoms with Crippen molar-refractivity contribution in [1.82, 2.24) is 10.2 Å². The van der Waals surface area contributed by atoms with Crippen LogP contribution >= 0.6 is 0 Å². The lowest BCUT2D eigenvalue weighted by atomic mass is 9.90. The summed E-state index contributed by atoms with van der Waals surface area (Å²) in [7, 11) is 2.25. The van der Waals surface area contributed by atoms with Crippen LogP contribution in [-0.2, 0) is 0 Å². The maximum absolute atomic E-state index is 3.63. The minimum atomic E-state index is 0.520. The van der Waals surface area contributed by atoms with Gasteiger partial charge in [-0.2, -0.15) is 0 Å². The molecule has 104 valence electrons. The molecule has 1 aliphatic heterocycles. The third kappa shape index (κ3) is 7.77. The van der Waals surface area contributed by atoms with Gasteiger partial charge in [-0.25, -0.2) is 0 Å². The summed E-state index contributed by atoms with van der Waals surface area (Å²) < 4.78 is 0. The number of nitrogens with zero attached hydrogens (tertiary/aromatic N) is 1. The number of nitrogens with one attached hydrogen (secondary N) is 1. The standard InChI is InChI=1S/C13H28N2.C2H6/c1-5-6-8-15(4)9-7-12-10-13(2,3)11-14-12;1-2/h12,14H,5-11H2,1-4H3;1-2H3. The van der Waals surface area contributed by atoms with Gasteiger partial charge in [-0.3, -0.25) is 0 Å². The number of rotatable bonds is 6. The Labute approximate surface area is 109 Å². The van der Waals surface area contributed by atoms with Gasteiger partial charge in [-0.05, 0) is 44.8 Å². The molecule has 1 N–H and O–H groups in total. The molecule has 0 amide bonds. The number of hydrogen-bond donors (Lipinski definition) is 1. The zero-order valence-electron chi connectivity index (χ0n) is 13.0. The zero-order chi connectivity index (χ0) is 13.3. The topological polar surface area (TPSA) is 15.3 Å². The molecule has 1 saturated heterocycles. The molecule has 0 aromatic carbocycles. The van der Waals surface area contributed by atoms with Crippen molar-refractivity contribution in [2.24, 2.45) is 5.41 Å². The highest BCUT2D eigenvalue weighted by Crippen LogP contribution is 2.28. The largest absolute Gasteiger partial charge is 0.313 e. The molecule has 2 heteroatoms. The average Bonchev–Trinajstić information content (AvgIpc) is 2.66. The minimum absolute atomic E-state index is 0.520. The van der Waals surface area contributed by atoms with Crippen molar-refractivity contribution < 1.29 is 0 Å². The maximum Gasteiger partial charge on any atom is 0.00850 e. The number of unbranched alkanes of at least 4 members (excludes halogenated alkanes) is 1. The monoisotopic (exact) mass is 242 g/mol. The van der Waals surface area contributed by atoms with E-state index >= 15 is 0 Å². The summed E-state index contributed by atoms with van der Waals surface area (Å²) in [5.74, 6) is 0. The molecule has 0 radical (unpaired) electrons. The van der Waals surface area contributed by atoms with Gasteiger partial charge in [-0.1, -0.05) is 41.0 Å². The van der Waals surface area contributed by atoms with Crippen molar-refractivity contribution in [3.8, 4) is 0 Å². The molecule has 0 aliphatic carbocycles. The second-order valence-corrected chi connectivity index (χ2v) is 5.89. The van der Waals surface area contributed by atoms with Crippen molar-refractivity contribution in [2.45, 2.75) is 66.3 Å². The van der Waals surface area contributed by atoms with E-state index in [2.05, 4.69) is 38.0 Å². The van der Waals surface area contributed by atoms with Crippen LogP contribution in [0.5, 0.6) is 0 Å². The fourth-order valence-corrected chi connectivity index (χ4v) is 2.35. The van der Waals surface area contributed by atoms with Crippen molar-refractivity contribution in [2.75, 3.05) is 26.7 Å². The Morgan fingerprint density at radius 2 is 1.88 bits per heavy atom. The first-order valence-electron chi connectivity index (χ1n) is 7.45. The molecular formula is C15H34N2. The van der Waals surface area contributed by atoms with Crippen LogP contribution in [0.15, 0.2) is 0 Å². The highest BCUT2D eigenvalue weighted by atomic mass is 15.1. The van der Waals surface area contributed by atoms with Crippen LogP contribution in [0.4, 0.5) is 0 Å². The first-order valence-corrected chi connectivity index (χ1v) is 7.45. The third-order valence-electron chi connectivity index (χ3n) is 3.42. The Bertz CT molecular complexity index is 178. The van der Waals surface area contributed by atoms with Gasteiger partial charge in [0.25, 0.3) is 0 Å². The van der Waals surface area contributed by atoms with Crippen molar-refractivity contribution in [3.63, 3.8) is 0 Å². The summed E-state index contributed by atoms with van der Waals surface area (Å²) in [5.41, 5.74) is 0.520. The van der Waals surface area contributed by atoms with Crippen LogP contribution in [0.2, 0.25) is 0 Å². The van der Waals surface area contributed by atoms with Crippen molar-refractivity contribution in [3.05, 3.63) is 0 Å². The molecule has 0 bridgehead atoms. The first-order chi connectivity index (χ1) is 8.03. The van der Waals surface area contributed by atoms with E-state index in [4.69, 9.17) is 0 Å². The fourth-order valence-electron chi connectivity index (χ4n) is 2.35. The molecule has 0 spiro atoms. The Hall–Kier alpha value is -0.0800. The second kappa shape index (κ2) is 8.93. The molecule has 17 heavy (non-hydrogen) atoms. The lowest BCUT2D eigenvalue weighted by Crippen LogP contribution is -2.29. The molecule has 1 fully saturated rings. The Balaban J connectivity index is 0.00000121. The summed E-state index contributed by atoms with van der Waals surface area (Å²) in [6.07, 6.45) is 5.29. The molecule has 1 atom stereocenters. The predicted octanol–water partition coefficient (Wildman–Crippen LogP) is 3.52. The van der Waals surface area contributed by atoms with Crippen LogP contribution in [0.3, 0.4) is 0 Å². The van der Waals surface area contributed by atoms with Gasteiger partial charge in [0.15, 0.2) is 0 Å². The van der Waals surface area contributed by atoms with E-state index < -0.39 is 0 Å². The summed E-state index contributed by atoms with van der Waals surface area (Å²) in [4.78, 5) is 2.47. The van der Waals surface area contributed by atoms with Gasteiger partial charge < -0.3 is 10.2 Å². The molecule has 1 unspecified atom stereocenters. The Morgan fingerprint density at radius 1 is 1.24 bits per heavy atom. The summed E-state index contributed by atoms with van der Waals surface area (Å²) in [6.45, 7) is 14.7. The predicted molar refractivity (Wildman–Crippen MR) is 78.6 cm³/mol. The molecular weight excluding hydrogens is 208 g/mol. The Kier molecular flexibility index (Phi) is 8.89. The lowest BCUT2D eigenvalue weighted by molar-refractivity contribution is 0.303. The summed E-state index contributed by atoms with van der Waals surface area (Å²) in [5, 5.41) is 3.63. The van der Waals surface area contributed by atoms with Crippen LogP contribution in [-0.4, -0.2) is 37.6 Å². The van der Waals surface area contributed by atoms with E-state index in [1.54, 1.807) is 0 Å². The van der Waals surface area contributed by atoms with Crippen LogP contribution < -0.4 is 5.32 Å². The normalized spacial score (nSPS) is 22.4. The van der Waals surface area contributed by atoms with Gasteiger partial charge in [0.1, 0.15) is 0 Å². The van der Waals surface area contributed by atoms with E-state index in [0.717, 1.165) is 6.04 Å². The summed E-state index contributed by atoms with van der Waals surface area (Å²) in [6, 6.07) is 0.754. The van der Waals surface area contributed by atoms with Gasteiger partial charge in [0.2, 0.25) is 0 Å². The minimum Gasteiger partial charge on any atom is -0.313 e. The van der Waals surface area contributed by atoms with Gasteiger partial charge in [0.05, 0.1) is 0 Å². The van der Waals surface area contributed by atoms with Gasteiger partial charge in [0, 0.05) is 12.6 Å². The molecule has 0 saturated carbocycles. The molecule has 2 nitrogen and oxygen atoms in total. The smallest absolute Gasteiger partial charge is 0.00850 e. The highest BCUT2D eigenvalue weighted by molar-refractivity contribution is 4.87. The van der Waals surface area contributed by atoms with Crippen LogP contribution in [0, 0.1) is 5.41 Å². The zero-order valence-corrected chi connectivity index (χ0v) is 13.0. The van der Waals surface area contributed by atoms with Gasteiger partial charge >= 0.3 is 0 Å². The average molecular weight is 242 g/mol. The molecule has 0 aromatic rings. The Morgan fingerprint density at radius 3 is 2.35 bits per heavy atom. The molecule has 0 aromatic heterocycles. The second-order valence-electron chi connectivity index (χ2n) is 5.89. The SMILES string of the molecule is CC.CCCCN(C)CCC1CC(C)(C)CN1. The quantitative estimate of drug-likeness (QED) is 0.766. The highest BCUT2D eigenvalue weighted by Gasteiger charge is 2.29. The van der Waals surface area contributed by atoms with Crippen LogP contribution in [0.25, 0.3) is 0 Å².